The van der Waals surface area contributed by atoms with Crippen molar-refractivity contribution in [2.45, 2.75) is 46.8 Å². The highest BCUT2D eigenvalue weighted by molar-refractivity contribution is 7.85. The first kappa shape index (κ1) is 31.1. The molecule has 0 bridgehead atoms. The van der Waals surface area contributed by atoms with Crippen LogP contribution in [-0.4, -0.2) is 31.8 Å². The molecular formula is C31H36F3N2O3S+. The lowest BCUT2D eigenvalue weighted by Gasteiger charge is -2.27. The van der Waals surface area contributed by atoms with Crippen molar-refractivity contribution in [2.75, 3.05) is 23.7 Å². The predicted molar refractivity (Wildman–Crippen MR) is 157 cm³/mol. The maximum Gasteiger partial charge on any atom is 0.418 e. The highest BCUT2D eigenvalue weighted by Gasteiger charge is 2.36. The van der Waals surface area contributed by atoms with E-state index in [4.69, 9.17) is 4.55 Å². The molecule has 3 aromatic rings. The number of aryl methyl sites for hydroxylation is 1. The molecule has 214 valence electrons. The second-order valence-corrected chi connectivity index (χ2v) is 11.8. The highest BCUT2D eigenvalue weighted by atomic mass is 32.2. The van der Waals surface area contributed by atoms with E-state index in [1.54, 1.807) is 41.6 Å². The molecule has 1 heterocycles. The van der Waals surface area contributed by atoms with E-state index >= 15 is 0 Å². The number of allylic oxidation sites excluding steroid dienone is 2. The maximum atomic E-state index is 14.5. The van der Waals surface area contributed by atoms with Crippen LogP contribution in [0.3, 0.4) is 0 Å². The molecule has 5 nitrogen and oxygen atoms in total. The maximum absolute atomic E-state index is 14.5. The zero-order chi connectivity index (χ0) is 29.5. The summed E-state index contributed by atoms with van der Waals surface area (Å²) in [6, 6.07) is 12.0. The molecule has 9 heteroatoms. The van der Waals surface area contributed by atoms with Crippen molar-refractivity contribution in [2.24, 2.45) is 0 Å². The Kier molecular flexibility index (Phi) is 10.3. The first-order valence-electron chi connectivity index (χ1n) is 13.0. The second kappa shape index (κ2) is 13.3. The number of benzene rings is 2. The van der Waals surface area contributed by atoms with Gasteiger partial charge in [-0.25, -0.2) is 4.57 Å². The van der Waals surface area contributed by atoms with Crippen LogP contribution in [-0.2, 0) is 22.8 Å². The molecule has 0 aliphatic rings. The summed E-state index contributed by atoms with van der Waals surface area (Å²) in [5, 5.41) is 0.666. The van der Waals surface area contributed by atoms with Gasteiger partial charge in [-0.05, 0) is 61.7 Å². The molecule has 0 fully saturated rings. The zero-order valence-electron chi connectivity index (χ0n) is 23.2. The third kappa shape index (κ3) is 9.34. The van der Waals surface area contributed by atoms with Crippen LogP contribution in [0.15, 0.2) is 78.2 Å². The van der Waals surface area contributed by atoms with Gasteiger partial charge in [-0.3, -0.25) is 4.55 Å². The Morgan fingerprint density at radius 3 is 2.05 bits per heavy atom. The van der Waals surface area contributed by atoms with Gasteiger partial charge in [0.25, 0.3) is 10.1 Å². The lowest BCUT2D eigenvalue weighted by molar-refractivity contribution is -0.696. The summed E-state index contributed by atoms with van der Waals surface area (Å²) >= 11 is 0. The highest BCUT2D eigenvalue weighted by Crippen LogP contribution is 2.42. The first-order chi connectivity index (χ1) is 18.7. The number of rotatable bonds is 11. The number of hydrogen-bond donors (Lipinski definition) is 1. The van der Waals surface area contributed by atoms with E-state index in [1.165, 1.54) is 6.07 Å². The number of alkyl halides is 3. The molecule has 1 N–H and O–H groups in total. The van der Waals surface area contributed by atoms with Crippen LogP contribution in [0.5, 0.6) is 0 Å². The molecule has 40 heavy (non-hydrogen) atoms. The molecule has 0 amide bonds. The summed E-state index contributed by atoms with van der Waals surface area (Å²) in [6.07, 6.45) is 6.94. The summed E-state index contributed by atoms with van der Waals surface area (Å²) in [6.45, 7) is 8.91. The van der Waals surface area contributed by atoms with Crippen LogP contribution < -0.4 is 9.47 Å². The number of hydrogen-bond acceptors (Lipinski definition) is 3. The topological polar surface area (TPSA) is 61.5 Å². The van der Waals surface area contributed by atoms with Crippen LogP contribution in [0, 0.1) is 0 Å². The zero-order valence-corrected chi connectivity index (χ0v) is 24.1. The van der Waals surface area contributed by atoms with Gasteiger partial charge in [0.2, 0.25) is 0 Å². The van der Waals surface area contributed by atoms with Gasteiger partial charge < -0.3 is 4.90 Å². The number of anilines is 1. The number of halogens is 3. The molecule has 0 saturated heterocycles. The molecule has 0 unspecified atom stereocenters. The summed E-state index contributed by atoms with van der Waals surface area (Å²) < 4.78 is 75.8. The van der Waals surface area contributed by atoms with Crippen molar-refractivity contribution in [3.8, 4) is 0 Å². The molecule has 0 spiro atoms. The van der Waals surface area contributed by atoms with E-state index in [-0.39, 0.29) is 16.8 Å². The standard InChI is InChI=1S/C31H35F3N2O3S/c1-23(2)12-19-36(20-13-24(3)4)29-11-9-27-22-26(8-10-28(27)30(29)31(32,33)34)7-6-25-14-17-35(18-15-25)16-5-21-40(37,38)39/h6-15,17-18,22H,5,16,19-21H2,1-4H3/p+1. The fourth-order valence-electron chi connectivity index (χ4n) is 4.21. The fourth-order valence-corrected chi connectivity index (χ4v) is 4.70. The first-order valence-corrected chi connectivity index (χ1v) is 14.6. The smallest absolute Gasteiger partial charge is 0.364 e. The fraction of sp³-hybridized carbons (Fsp3) is 0.323. The Labute approximate surface area is 234 Å². The summed E-state index contributed by atoms with van der Waals surface area (Å²) in [7, 11) is -3.98. The number of aromatic nitrogens is 1. The summed E-state index contributed by atoms with van der Waals surface area (Å²) in [5.41, 5.74) is 3.26. The molecule has 3 rings (SSSR count). The van der Waals surface area contributed by atoms with Crippen molar-refractivity contribution in [1.29, 1.82) is 0 Å². The number of fused-ring (bicyclic) bond motifs is 1. The van der Waals surface area contributed by atoms with E-state index < -0.39 is 21.9 Å². The quantitative estimate of drug-likeness (QED) is 0.148. The van der Waals surface area contributed by atoms with E-state index in [1.807, 2.05) is 68.7 Å². The van der Waals surface area contributed by atoms with Crippen molar-refractivity contribution in [3.63, 3.8) is 0 Å². The Morgan fingerprint density at radius 2 is 1.50 bits per heavy atom. The molecule has 1 aromatic heterocycles. The van der Waals surface area contributed by atoms with Crippen molar-refractivity contribution in [3.05, 3.63) is 94.8 Å². The van der Waals surface area contributed by atoms with Gasteiger partial charge >= 0.3 is 6.18 Å². The predicted octanol–water partition coefficient (Wildman–Crippen LogP) is 7.33. The molecule has 0 radical (unpaired) electrons. The Balaban J connectivity index is 1.90. The van der Waals surface area contributed by atoms with Gasteiger partial charge in [0, 0.05) is 31.6 Å². The Hall–Kier alpha value is -3.43. The molecule has 0 saturated carbocycles. The molecular weight excluding hydrogens is 537 g/mol. The van der Waals surface area contributed by atoms with Crippen LogP contribution in [0.1, 0.15) is 50.8 Å². The van der Waals surface area contributed by atoms with E-state index in [2.05, 4.69) is 0 Å². The average Bonchev–Trinajstić information content (AvgIpc) is 2.86. The second-order valence-electron chi connectivity index (χ2n) is 10.2. The van der Waals surface area contributed by atoms with Gasteiger partial charge in [-0.1, -0.05) is 53.6 Å². The minimum absolute atomic E-state index is 0.159. The van der Waals surface area contributed by atoms with Gasteiger partial charge in [0.05, 0.1) is 17.0 Å². The summed E-state index contributed by atoms with van der Waals surface area (Å²) in [4.78, 5) is 1.75. The monoisotopic (exact) mass is 573 g/mol. The van der Waals surface area contributed by atoms with E-state index in [9.17, 15) is 21.6 Å². The average molecular weight is 574 g/mol. The van der Waals surface area contributed by atoms with Crippen LogP contribution >= 0.6 is 0 Å². The molecule has 0 aliphatic heterocycles. The molecule has 0 atom stereocenters. The molecule has 2 aromatic carbocycles. The van der Waals surface area contributed by atoms with Crippen LogP contribution in [0.4, 0.5) is 18.9 Å². The Morgan fingerprint density at radius 1 is 0.900 bits per heavy atom. The molecule has 0 aliphatic carbocycles. The van der Waals surface area contributed by atoms with Gasteiger partial charge in [0.1, 0.15) is 6.54 Å². The minimum Gasteiger partial charge on any atom is -0.364 e. The van der Waals surface area contributed by atoms with Crippen LogP contribution in [0.25, 0.3) is 22.9 Å². The third-order valence-electron chi connectivity index (χ3n) is 6.29. The summed E-state index contributed by atoms with van der Waals surface area (Å²) in [5.74, 6) is -0.301. The third-order valence-corrected chi connectivity index (χ3v) is 7.09. The number of nitrogens with zero attached hydrogens (tertiary/aromatic N) is 2. The Bertz CT molecular complexity index is 1500. The van der Waals surface area contributed by atoms with Gasteiger partial charge in [-0.15, -0.1) is 0 Å². The largest absolute Gasteiger partial charge is 0.418 e. The lowest BCUT2D eigenvalue weighted by Crippen LogP contribution is -2.33. The SMILES string of the molecule is CC(C)=CCN(CC=C(C)C)c1ccc2cc(/C=C/c3cc[n+](CCCS(=O)(=O)O)cc3)ccc2c1C(F)(F)F. The van der Waals surface area contributed by atoms with E-state index in [0.29, 0.717) is 31.4 Å². The van der Waals surface area contributed by atoms with Crippen molar-refractivity contribution >= 4 is 38.7 Å². The van der Waals surface area contributed by atoms with E-state index in [0.717, 1.165) is 22.3 Å². The van der Waals surface area contributed by atoms with Crippen molar-refractivity contribution in [1.82, 2.24) is 0 Å². The van der Waals surface area contributed by atoms with Crippen LogP contribution in [0.2, 0.25) is 0 Å². The minimum atomic E-state index is -4.53. The van der Waals surface area contributed by atoms with Crippen molar-refractivity contribution < 1.29 is 30.7 Å². The lowest BCUT2D eigenvalue weighted by atomic mass is 9.98. The normalized spacial score (nSPS) is 12.1. The number of pyridine rings is 1. The van der Waals surface area contributed by atoms with Gasteiger partial charge in [-0.2, -0.15) is 21.6 Å². The van der Waals surface area contributed by atoms with Gasteiger partial charge in [0.15, 0.2) is 12.4 Å².